The van der Waals surface area contributed by atoms with Gasteiger partial charge in [-0.1, -0.05) is 0 Å². The third kappa shape index (κ3) is 2.71. The van der Waals surface area contributed by atoms with E-state index in [9.17, 15) is 18.0 Å². The molecule has 1 aliphatic rings. The fourth-order valence-corrected chi connectivity index (χ4v) is 1.83. The first kappa shape index (κ1) is 13.8. The molecule has 0 bridgehead atoms. The molecular formula is C12H13F3N2O2. The second-order valence-electron chi connectivity index (χ2n) is 4.45. The van der Waals surface area contributed by atoms with E-state index in [0.717, 1.165) is 12.1 Å². The van der Waals surface area contributed by atoms with Crippen LogP contribution in [0.5, 0.6) is 0 Å². The lowest BCUT2D eigenvalue weighted by atomic mass is 9.90. The van der Waals surface area contributed by atoms with Crippen molar-refractivity contribution in [2.24, 2.45) is 5.73 Å². The molecule has 4 nitrogen and oxygen atoms in total. The zero-order valence-corrected chi connectivity index (χ0v) is 10.0. The molecule has 1 saturated heterocycles. The Labute approximate surface area is 107 Å². The van der Waals surface area contributed by atoms with E-state index in [2.05, 4.69) is 5.32 Å². The number of hydrogen-bond acceptors (Lipinski definition) is 3. The Morgan fingerprint density at radius 2 is 1.84 bits per heavy atom. The number of halogens is 3. The predicted octanol–water partition coefficient (Wildman–Crippen LogP) is 1.55. The Hall–Kier alpha value is -1.60. The molecule has 1 aromatic rings. The van der Waals surface area contributed by atoms with Gasteiger partial charge in [0.25, 0.3) is 0 Å². The number of benzene rings is 1. The van der Waals surface area contributed by atoms with Gasteiger partial charge in [0.2, 0.25) is 5.91 Å². The summed E-state index contributed by atoms with van der Waals surface area (Å²) in [6.07, 6.45) is 0.564. The van der Waals surface area contributed by atoms with Crippen molar-refractivity contribution in [3.63, 3.8) is 0 Å². The number of carbonyl (C=O) groups is 1. The quantitative estimate of drug-likeness (QED) is 0.804. The molecule has 0 radical (unpaired) electrons. The molecule has 1 heterocycles. The molecule has 19 heavy (non-hydrogen) atoms. The largest absolute Gasteiger partial charge is 0.381 e. The van der Waals surface area contributed by atoms with E-state index in [1.54, 1.807) is 0 Å². The van der Waals surface area contributed by atoms with E-state index in [0.29, 0.717) is 13.2 Å². The molecule has 0 aliphatic carbocycles. The van der Waals surface area contributed by atoms with Crippen LogP contribution in [-0.2, 0) is 9.53 Å². The molecule has 1 aliphatic heterocycles. The van der Waals surface area contributed by atoms with E-state index in [1.807, 2.05) is 0 Å². The fourth-order valence-electron chi connectivity index (χ4n) is 1.83. The lowest BCUT2D eigenvalue weighted by molar-refractivity contribution is -0.124. The van der Waals surface area contributed by atoms with Crippen LogP contribution in [-0.4, -0.2) is 24.7 Å². The highest BCUT2D eigenvalue weighted by Crippen LogP contribution is 2.23. The molecule has 104 valence electrons. The van der Waals surface area contributed by atoms with Gasteiger partial charge in [0.05, 0.1) is 5.69 Å². The molecule has 7 heteroatoms. The maximum absolute atomic E-state index is 13.4. The zero-order valence-electron chi connectivity index (χ0n) is 10.0. The lowest BCUT2D eigenvalue weighted by Crippen LogP contribution is -2.54. The molecule has 3 N–H and O–H groups in total. The van der Waals surface area contributed by atoms with E-state index < -0.39 is 34.6 Å². The van der Waals surface area contributed by atoms with Crippen LogP contribution < -0.4 is 11.1 Å². The van der Waals surface area contributed by atoms with Crippen molar-refractivity contribution >= 4 is 11.6 Å². The minimum Gasteiger partial charge on any atom is -0.381 e. The van der Waals surface area contributed by atoms with E-state index in [1.165, 1.54) is 0 Å². The normalized spacial score (nSPS) is 18.1. The summed E-state index contributed by atoms with van der Waals surface area (Å²) in [5.74, 6) is -5.02. The highest BCUT2D eigenvalue weighted by molar-refractivity contribution is 5.98. The summed E-state index contributed by atoms with van der Waals surface area (Å²) < 4.78 is 44.3. The van der Waals surface area contributed by atoms with Crippen molar-refractivity contribution < 1.29 is 22.7 Å². The highest BCUT2D eigenvalue weighted by Gasteiger charge is 2.36. The summed E-state index contributed by atoms with van der Waals surface area (Å²) >= 11 is 0. The third-order valence-electron chi connectivity index (χ3n) is 3.12. The molecule has 0 aromatic heterocycles. The second-order valence-corrected chi connectivity index (χ2v) is 4.45. The fraction of sp³-hybridized carbons (Fsp3) is 0.417. The van der Waals surface area contributed by atoms with Gasteiger partial charge in [0.15, 0.2) is 17.5 Å². The molecule has 2 rings (SSSR count). The van der Waals surface area contributed by atoms with Gasteiger partial charge >= 0.3 is 0 Å². The number of amides is 1. The molecule has 0 atom stereocenters. The summed E-state index contributed by atoms with van der Waals surface area (Å²) in [6.45, 7) is 0.647. The van der Waals surface area contributed by atoms with E-state index in [4.69, 9.17) is 10.5 Å². The SMILES string of the molecule is NC1(C(=O)Nc2ccc(F)c(F)c2F)CCOCC1. The van der Waals surface area contributed by atoms with Crippen molar-refractivity contribution in [3.05, 3.63) is 29.6 Å². The summed E-state index contributed by atoms with van der Waals surface area (Å²) in [7, 11) is 0. The molecule has 0 unspecified atom stereocenters. The maximum atomic E-state index is 13.4. The summed E-state index contributed by atoms with van der Waals surface area (Å²) in [4.78, 5) is 12.0. The van der Waals surface area contributed by atoms with Crippen molar-refractivity contribution in [1.82, 2.24) is 0 Å². The predicted molar refractivity (Wildman–Crippen MR) is 61.9 cm³/mol. The lowest BCUT2D eigenvalue weighted by Gasteiger charge is -2.31. The van der Waals surface area contributed by atoms with Crippen LogP contribution in [0.2, 0.25) is 0 Å². The molecule has 1 amide bonds. The topological polar surface area (TPSA) is 64.4 Å². The average Bonchev–Trinajstić information content (AvgIpc) is 2.40. The van der Waals surface area contributed by atoms with Gasteiger partial charge in [-0.15, -0.1) is 0 Å². The van der Waals surface area contributed by atoms with Crippen LogP contribution in [0.25, 0.3) is 0 Å². The summed E-state index contributed by atoms with van der Waals surface area (Å²) in [5, 5.41) is 2.19. The average molecular weight is 274 g/mol. The molecule has 0 spiro atoms. The summed E-state index contributed by atoms with van der Waals surface area (Å²) in [6, 6.07) is 1.69. The zero-order chi connectivity index (χ0) is 14.0. The Morgan fingerprint density at radius 1 is 1.21 bits per heavy atom. The van der Waals surface area contributed by atoms with Gasteiger partial charge in [0, 0.05) is 13.2 Å². The van der Waals surface area contributed by atoms with Crippen molar-refractivity contribution in [3.8, 4) is 0 Å². The van der Waals surface area contributed by atoms with Crippen molar-refractivity contribution in [1.29, 1.82) is 0 Å². The summed E-state index contributed by atoms with van der Waals surface area (Å²) in [5.41, 5.74) is 4.27. The highest BCUT2D eigenvalue weighted by atomic mass is 19.2. The van der Waals surface area contributed by atoms with Gasteiger partial charge in [-0.3, -0.25) is 4.79 Å². The third-order valence-corrected chi connectivity index (χ3v) is 3.12. The Balaban J connectivity index is 2.17. The molecular weight excluding hydrogens is 261 g/mol. The van der Waals surface area contributed by atoms with Crippen molar-refractivity contribution in [2.45, 2.75) is 18.4 Å². The van der Waals surface area contributed by atoms with Crippen LogP contribution in [0.3, 0.4) is 0 Å². The van der Waals surface area contributed by atoms with Gasteiger partial charge in [-0.05, 0) is 25.0 Å². The monoisotopic (exact) mass is 274 g/mol. The van der Waals surface area contributed by atoms with Gasteiger partial charge in [-0.2, -0.15) is 0 Å². The first-order valence-electron chi connectivity index (χ1n) is 5.75. The van der Waals surface area contributed by atoms with Crippen LogP contribution in [0, 0.1) is 17.5 Å². The standard InChI is InChI=1S/C12H13F3N2O2/c13-7-1-2-8(10(15)9(7)14)17-11(18)12(16)3-5-19-6-4-12/h1-2H,3-6,16H2,(H,17,18). The van der Waals surface area contributed by atoms with E-state index >= 15 is 0 Å². The van der Waals surface area contributed by atoms with Crippen LogP contribution in [0.15, 0.2) is 12.1 Å². The molecule has 0 saturated carbocycles. The van der Waals surface area contributed by atoms with Crippen LogP contribution in [0.4, 0.5) is 18.9 Å². The number of nitrogens with one attached hydrogen (secondary N) is 1. The van der Waals surface area contributed by atoms with E-state index in [-0.39, 0.29) is 12.8 Å². The first-order valence-corrected chi connectivity index (χ1v) is 5.75. The number of hydrogen-bond donors (Lipinski definition) is 2. The van der Waals surface area contributed by atoms with Crippen LogP contribution in [0.1, 0.15) is 12.8 Å². The second kappa shape index (κ2) is 5.18. The number of rotatable bonds is 2. The van der Waals surface area contributed by atoms with Gasteiger partial charge in [0.1, 0.15) is 5.54 Å². The Bertz CT molecular complexity index is 502. The number of nitrogens with two attached hydrogens (primary N) is 1. The number of anilines is 1. The minimum atomic E-state index is -1.63. The van der Waals surface area contributed by atoms with Crippen molar-refractivity contribution in [2.75, 3.05) is 18.5 Å². The molecule has 1 fully saturated rings. The number of carbonyl (C=O) groups excluding carboxylic acids is 1. The van der Waals surface area contributed by atoms with Crippen LogP contribution >= 0.6 is 0 Å². The van der Waals surface area contributed by atoms with Gasteiger partial charge in [-0.25, -0.2) is 13.2 Å². The maximum Gasteiger partial charge on any atom is 0.244 e. The Kier molecular flexibility index (Phi) is 3.77. The minimum absolute atomic E-state index is 0.282. The van der Waals surface area contributed by atoms with Gasteiger partial charge < -0.3 is 15.8 Å². The first-order chi connectivity index (χ1) is 8.94. The Morgan fingerprint density at radius 3 is 2.47 bits per heavy atom. The smallest absolute Gasteiger partial charge is 0.244 e. The number of ether oxygens (including phenoxy) is 1. The molecule has 1 aromatic carbocycles.